The Morgan fingerprint density at radius 1 is 1.11 bits per heavy atom. The topological polar surface area (TPSA) is 68.8 Å². The van der Waals surface area contributed by atoms with Gasteiger partial charge in [0.2, 0.25) is 11.8 Å². The average Bonchev–Trinajstić information content (AvgIpc) is 2.84. The quantitative estimate of drug-likeness (QED) is 0.829. The molecule has 1 aromatic rings. The number of rotatable bonds is 5. The first-order chi connectivity index (χ1) is 13.6. The Kier molecular flexibility index (Phi) is 5.92. The lowest BCUT2D eigenvalue weighted by Crippen LogP contribution is -2.55. The second-order valence-corrected chi connectivity index (χ2v) is 8.42. The molecular formula is C21H31N5O2. The summed E-state index contributed by atoms with van der Waals surface area (Å²) in [5.41, 5.74) is 1.65. The SMILES string of the molecule is Cc1ccc(NC(=O)C2CN(CC(=O)N3CCCN(C4CCC4)CC3)C2)cn1. The summed E-state index contributed by atoms with van der Waals surface area (Å²) in [5, 5.41) is 2.91. The third kappa shape index (κ3) is 4.52. The summed E-state index contributed by atoms with van der Waals surface area (Å²) in [4.78, 5) is 35.9. The van der Waals surface area contributed by atoms with Crippen molar-refractivity contribution in [2.24, 2.45) is 5.92 Å². The molecule has 2 aliphatic heterocycles. The van der Waals surface area contributed by atoms with Crippen LogP contribution >= 0.6 is 0 Å². The molecule has 7 heteroatoms. The van der Waals surface area contributed by atoms with E-state index < -0.39 is 0 Å². The highest BCUT2D eigenvalue weighted by atomic mass is 16.2. The fourth-order valence-corrected chi connectivity index (χ4v) is 4.25. The van der Waals surface area contributed by atoms with Gasteiger partial charge in [-0.3, -0.25) is 24.4 Å². The molecule has 0 aromatic carbocycles. The van der Waals surface area contributed by atoms with Crippen LogP contribution in [0.3, 0.4) is 0 Å². The lowest BCUT2D eigenvalue weighted by Gasteiger charge is -2.39. The molecule has 0 radical (unpaired) electrons. The summed E-state index contributed by atoms with van der Waals surface area (Å²) in [6.07, 6.45) is 6.75. The Labute approximate surface area is 167 Å². The standard InChI is InChI=1S/C21H31N5O2/c1-16-6-7-18(12-22-16)23-21(28)17-13-24(14-17)15-20(27)26-9-3-8-25(10-11-26)19-4-2-5-19/h6-7,12,17,19H,2-5,8-11,13-15H2,1H3,(H,23,28). The number of anilines is 1. The monoisotopic (exact) mass is 385 g/mol. The number of aryl methyl sites for hydroxylation is 1. The normalized spacial score (nSPS) is 22.2. The maximum atomic E-state index is 12.7. The molecule has 0 unspecified atom stereocenters. The zero-order chi connectivity index (χ0) is 19.5. The van der Waals surface area contributed by atoms with Crippen LogP contribution in [-0.4, -0.2) is 83.4 Å². The van der Waals surface area contributed by atoms with E-state index in [1.807, 2.05) is 24.0 Å². The van der Waals surface area contributed by atoms with E-state index in [1.54, 1.807) is 6.20 Å². The fourth-order valence-electron chi connectivity index (χ4n) is 4.25. The van der Waals surface area contributed by atoms with Crippen LogP contribution in [0.5, 0.6) is 0 Å². The predicted molar refractivity (Wildman–Crippen MR) is 108 cm³/mol. The van der Waals surface area contributed by atoms with Crippen LogP contribution in [0.15, 0.2) is 18.3 Å². The average molecular weight is 386 g/mol. The van der Waals surface area contributed by atoms with Crippen molar-refractivity contribution in [3.05, 3.63) is 24.0 Å². The van der Waals surface area contributed by atoms with Crippen molar-refractivity contribution in [1.82, 2.24) is 19.7 Å². The molecule has 1 aromatic heterocycles. The van der Waals surface area contributed by atoms with Crippen molar-refractivity contribution in [2.75, 3.05) is 51.1 Å². The van der Waals surface area contributed by atoms with Gasteiger partial charge in [0, 0.05) is 51.0 Å². The smallest absolute Gasteiger partial charge is 0.236 e. The van der Waals surface area contributed by atoms with Crippen LogP contribution in [-0.2, 0) is 9.59 Å². The summed E-state index contributed by atoms with van der Waals surface area (Å²) in [5.74, 6) is 0.171. The van der Waals surface area contributed by atoms with Crippen LogP contribution in [0.25, 0.3) is 0 Å². The van der Waals surface area contributed by atoms with Gasteiger partial charge in [-0.1, -0.05) is 6.42 Å². The summed E-state index contributed by atoms with van der Waals surface area (Å²) in [6, 6.07) is 4.51. The van der Waals surface area contributed by atoms with Gasteiger partial charge in [0.25, 0.3) is 0 Å². The van der Waals surface area contributed by atoms with Gasteiger partial charge < -0.3 is 10.2 Å². The lowest BCUT2D eigenvalue weighted by molar-refractivity contribution is -0.136. The molecule has 1 aliphatic carbocycles. The van der Waals surface area contributed by atoms with E-state index >= 15 is 0 Å². The van der Waals surface area contributed by atoms with Crippen molar-refractivity contribution < 1.29 is 9.59 Å². The minimum absolute atomic E-state index is 0.0141. The van der Waals surface area contributed by atoms with Gasteiger partial charge in [0.15, 0.2) is 0 Å². The largest absolute Gasteiger partial charge is 0.340 e. The summed E-state index contributed by atoms with van der Waals surface area (Å²) < 4.78 is 0. The molecule has 3 heterocycles. The Bertz CT molecular complexity index is 697. The zero-order valence-electron chi connectivity index (χ0n) is 16.8. The molecule has 3 aliphatic rings. The molecule has 0 bridgehead atoms. The van der Waals surface area contributed by atoms with E-state index in [1.165, 1.54) is 19.3 Å². The number of pyridine rings is 1. The third-order valence-electron chi connectivity index (χ3n) is 6.34. The summed E-state index contributed by atoms with van der Waals surface area (Å²) >= 11 is 0. The van der Waals surface area contributed by atoms with Crippen molar-refractivity contribution in [1.29, 1.82) is 0 Å². The Morgan fingerprint density at radius 2 is 1.93 bits per heavy atom. The molecule has 0 atom stereocenters. The first-order valence-electron chi connectivity index (χ1n) is 10.6. The number of nitrogens with one attached hydrogen (secondary N) is 1. The minimum Gasteiger partial charge on any atom is -0.340 e. The molecule has 28 heavy (non-hydrogen) atoms. The maximum Gasteiger partial charge on any atom is 0.236 e. The second-order valence-electron chi connectivity index (χ2n) is 8.42. The van der Waals surface area contributed by atoms with E-state index in [0.29, 0.717) is 19.6 Å². The number of amides is 2. The van der Waals surface area contributed by atoms with Gasteiger partial charge in [-0.25, -0.2) is 0 Å². The van der Waals surface area contributed by atoms with E-state index in [9.17, 15) is 9.59 Å². The Hall–Kier alpha value is -1.99. The van der Waals surface area contributed by atoms with Gasteiger partial charge in [-0.15, -0.1) is 0 Å². The number of carbonyl (C=O) groups excluding carboxylic acids is 2. The van der Waals surface area contributed by atoms with Gasteiger partial charge in [-0.2, -0.15) is 0 Å². The molecule has 2 amide bonds. The molecular weight excluding hydrogens is 354 g/mol. The predicted octanol–water partition coefficient (Wildman–Crippen LogP) is 1.35. The lowest BCUT2D eigenvalue weighted by atomic mass is 9.91. The molecule has 1 N–H and O–H groups in total. The summed E-state index contributed by atoms with van der Waals surface area (Å²) in [6.45, 7) is 7.48. The van der Waals surface area contributed by atoms with Crippen LogP contribution in [0.2, 0.25) is 0 Å². The highest BCUT2D eigenvalue weighted by molar-refractivity contribution is 5.93. The number of aromatic nitrogens is 1. The number of carbonyl (C=O) groups is 2. The van der Waals surface area contributed by atoms with Crippen LogP contribution in [0.1, 0.15) is 31.4 Å². The van der Waals surface area contributed by atoms with Crippen LogP contribution < -0.4 is 5.32 Å². The van der Waals surface area contributed by atoms with Gasteiger partial charge in [0.1, 0.15) is 0 Å². The minimum atomic E-state index is -0.0488. The first kappa shape index (κ1) is 19.3. The highest BCUT2D eigenvalue weighted by Gasteiger charge is 2.35. The first-order valence-corrected chi connectivity index (χ1v) is 10.6. The van der Waals surface area contributed by atoms with E-state index in [4.69, 9.17) is 0 Å². The number of nitrogens with zero attached hydrogens (tertiary/aromatic N) is 4. The molecule has 7 nitrogen and oxygen atoms in total. The van der Waals surface area contributed by atoms with Crippen molar-refractivity contribution in [2.45, 2.75) is 38.6 Å². The molecule has 0 spiro atoms. The summed E-state index contributed by atoms with van der Waals surface area (Å²) in [7, 11) is 0. The molecule has 2 saturated heterocycles. The van der Waals surface area contributed by atoms with E-state index in [-0.39, 0.29) is 17.7 Å². The van der Waals surface area contributed by atoms with Gasteiger partial charge in [0.05, 0.1) is 24.3 Å². The highest BCUT2D eigenvalue weighted by Crippen LogP contribution is 2.25. The number of hydrogen-bond acceptors (Lipinski definition) is 5. The molecule has 1 saturated carbocycles. The Morgan fingerprint density at radius 3 is 2.61 bits per heavy atom. The Balaban J connectivity index is 1.18. The fraction of sp³-hybridized carbons (Fsp3) is 0.667. The third-order valence-corrected chi connectivity index (χ3v) is 6.34. The van der Waals surface area contributed by atoms with Crippen molar-refractivity contribution in [3.63, 3.8) is 0 Å². The van der Waals surface area contributed by atoms with Gasteiger partial charge in [-0.05, 0) is 38.3 Å². The molecule has 4 rings (SSSR count). The zero-order valence-corrected chi connectivity index (χ0v) is 16.8. The van der Waals surface area contributed by atoms with Gasteiger partial charge >= 0.3 is 0 Å². The van der Waals surface area contributed by atoms with Crippen LogP contribution in [0.4, 0.5) is 5.69 Å². The molecule has 3 fully saturated rings. The van der Waals surface area contributed by atoms with E-state index in [2.05, 4.69) is 20.1 Å². The van der Waals surface area contributed by atoms with Crippen molar-refractivity contribution >= 4 is 17.5 Å². The van der Waals surface area contributed by atoms with Crippen molar-refractivity contribution in [3.8, 4) is 0 Å². The maximum absolute atomic E-state index is 12.7. The van der Waals surface area contributed by atoms with Crippen LogP contribution in [0, 0.1) is 12.8 Å². The van der Waals surface area contributed by atoms with E-state index in [0.717, 1.165) is 50.0 Å². The second kappa shape index (κ2) is 8.57. The number of hydrogen-bond donors (Lipinski definition) is 1. The molecule has 152 valence electrons. The number of likely N-dealkylation sites (tertiary alicyclic amines) is 1.